The van der Waals surface area contributed by atoms with E-state index < -0.39 is 17.9 Å². The highest BCUT2D eigenvalue weighted by molar-refractivity contribution is 5.97. The van der Waals surface area contributed by atoms with Gasteiger partial charge in [0.2, 0.25) is 11.8 Å². The summed E-state index contributed by atoms with van der Waals surface area (Å²) < 4.78 is 5.33. The molecular formula is C24H35N5O5. The normalized spacial score (nSPS) is 15.9. The minimum absolute atomic E-state index is 0.0254. The second-order valence-corrected chi connectivity index (χ2v) is 9.07. The number of nitrogens with one attached hydrogen (secondary N) is 3. The molecule has 1 aliphatic heterocycles. The minimum atomic E-state index is -0.585. The Morgan fingerprint density at radius 2 is 1.97 bits per heavy atom. The Morgan fingerprint density at radius 3 is 2.62 bits per heavy atom. The number of benzene rings is 1. The number of imidazole rings is 1. The Kier molecular flexibility index (Phi) is 9.00. The Morgan fingerprint density at radius 1 is 1.24 bits per heavy atom. The number of carbonyl (C=O) groups is 3. The van der Waals surface area contributed by atoms with Crippen molar-refractivity contribution in [2.45, 2.75) is 52.5 Å². The monoisotopic (exact) mass is 473 g/mol. The van der Waals surface area contributed by atoms with E-state index in [4.69, 9.17) is 9.94 Å². The summed E-state index contributed by atoms with van der Waals surface area (Å²) in [6, 6.07) is 4.96. The lowest BCUT2D eigenvalue weighted by Crippen LogP contribution is -2.40. The zero-order chi connectivity index (χ0) is 24.7. The molecule has 34 heavy (non-hydrogen) atoms. The fourth-order valence-electron chi connectivity index (χ4n) is 4.13. The van der Waals surface area contributed by atoms with Crippen molar-refractivity contribution in [1.29, 1.82) is 0 Å². The van der Waals surface area contributed by atoms with Crippen LogP contribution in [0.25, 0.3) is 11.0 Å². The van der Waals surface area contributed by atoms with E-state index in [1.54, 1.807) is 28.6 Å². The second kappa shape index (κ2) is 11.9. The van der Waals surface area contributed by atoms with Crippen LogP contribution in [0.4, 0.5) is 0 Å². The van der Waals surface area contributed by atoms with Crippen molar-refractivity contribution in [2.24, 2.45) is 11.8 Å². The van der Waals surface area contributed by atoms with Gasteiger partial charge in [0.15, 0.2) is 0 Å². The van der Waals surface area contributed by atoms with E-state index in [0.717, 1.165) is 18.4 Å². The molecule has 3 rings (SSSR count). The smallest absolute Gasteiger partial charge is 0.254 e. The number of carbonyl (C=O) groups excluding carboxylic acids is 3. The highest BCUT2D eigenvalue weighted by Gasteiger charge is 2.28. The fourth-order valence-corrected chi connectivity index (χ4v) is 4.13. The molecule has 0 radical (unpaired) electrons. The number of aromatic nitrogens is 2. The van der Waals surface area contributed by atoms with Crippen LogP contribution in [0.2, 0.25) is 0 Å². The van der Waals surface area contributed by atoms with Gasteiger partial charge in [0.1, 0.15) is 5.82 Å². The SMILES string of the molecule is CCCC[C@H](CC(=O)NO)C(=O)N[C@H](c1nc2ccc(C(=O)N3CCOCC3)cc2[nH]1)C(C)C. The van der Waals surface area contributed by atoms with Crippen LogP contribution < -0.4 is 10.8 Å². The largest absolute Gasteiger partial charge is 0.378 e. The first-order chi connectivity index (χ1) is 16.3. The number of aromatic amines is 1. The molecule has 1 aromatic carbocycles. The molecule has 1 aromatic heterocycles. The van der Waals surface area contributed by atoms with Gasteiger partial charge in [0, 0.05) is 31.0 Å². The highest BCUT2D eigenvalue weighted by Crippen LogP contribution is 2.25. The van der Waals surface area contributed by atoms with Crippen molar-refractivity contribution in [3.8, 4) is 0 Å². The van der Waals surface area contributed by atoms with Crippen molar-refractivity contribution in [3.63, 3.8) is 0 Å². The molecular weight excluding hydrogens is 438 g/mol. The summed E-state index contributed by atoms with van der Waals surface area (Å²) in [5, 5.41) is 11.9. The van der Waals surface area contributed by atoms with E-state index in [2.05, 4.69) is 15.3 Å². The summed E-state index contributed by atoms with van der Waals surface area (Å²) >= 11 is 0. The summed E-state index contributed by atoms with van der Waals surface area (Å²) in [6.45, 7) is 8.19. The van der Waals surface area contributed by atoms with E-state index in [-0.39, 0.29) is 24.2 Å². The van der Waals surface area contributed by atoms with Gasteiger partial charge >= 0.3 is 0 Å². The number of unbranched alkanes of at least 4 members (excludes halogenated alkanes) is 1. The highest BCUT2D eigenvalue weighted by atomic mass is 16.5. The maximum atomic E-state index is 13.0. The zero-order valence-electron chi connectivity index (χ0n) is 20.1. The number of hydrogen-bond donors (Lipinski definition) is 4. The third-order valence-corrected chi connectivity index (χ3v) is 6.14. The number of amides is 3. The number of fused-ring (bicyclic) bond motifs is 1. The standard InChI is InChI=1S/C24H35N5O5/c1-4-5-6-16(14-20(30)28-33)23(31)27-21(15(2)3)22-25-18-8-7-17(13-19(18)26-22)24(32)29-9-11-34-12-10-29/h7-8,13,15-16,21,33H,4-6,9-12,14H2,1-3H3,(H,25,26)(H,27,31)(H,28,30)/t16-,21+/m1/s1. The van der Waals surface area contributed by atoms with Gasteiger partial charge in [0.05, 0.1) is 30.3 Å². The first-order valence-electron chi connectivity index (χ1n) is 11.9. The number of hydroxylamine groups is 1. The predicted octanol–water partition coefficient (Wildman–Crippen LogP) is 2.55. The van der Waals surface area contributed by atoms with Crippen LogP contribution in [0.5, 0.6) is 0 Å². The Bertz CT molecular complexity index is 999. The molecule has 0 spiro atoms. The minimum Gasteiger partial charge on any atom is -0.378 e. The Hall–Kier alpha value is -2.98. The van der Waals surface area contributed by atoms with Gasteiger partial charge in [-0.1, -0.05) is 33.6 Å². The van der Waals surface area contributed by atoms with E-state index >= 15 is 0 Å². The molecule has 1 aliphatic rings. The van der Waals surface area contributed by atoms with Gasteiger partial charge in [-0.2, -0.15) is 0 Å². The van der Waals surface area contributed by atoms with Crippen molar-refractivity contribution < 1.29 is 24.3 Å². The molecule has 0 aliphatic carbocycles. The van der Waals surface area contributed by atoms with Gasteiger partial charge in [-0.05, 0) is 30.5 Å². The third kappa shape index (κ3) is 6.32. The predicted molar refractivity (Wildman–Crippen MR) is 126 cm³/mol. The number of nitrogens with zero attached hydrogens (tertiary/aromatic N) is 2. The van der Waals surface area contributed by atoms with Crippen LogP contribution in [0, 0.1) is 11.8 Å². The lowest BCUT2D eigenvalue weighted by Gasteiger charge is -2.26. The molecule has 0 bridgehead atoms. The molecule has 2 aromatic rings. The van der Waals surface area contributed by atoms with E-state index in [1.165, 1.54) is 0 Å². The average molecular weight is 474 g/mol. The van der Waals surface area contributed by atoms with Crippen molar-refractivity contribution in [2.75, 3.05) is 26.3 Å². The van der Waals surface area contributed by atoms with Gasteiger partial charge in [-0.15, -0.1) is 0 Å². The summed E-state index contributed by atoms with van der Waals surface area (Å²) in [4.78, 5) is 47.3. The number of rotatable bonds is 10. The number of hydrogen-bond acceptors (Lipinski definition) is 6. The lowest BCUT2D eigenvalue weighted by molar-refractivity contribution is -0.135. The zero-order valence-corrected chi connectivity index (χ0v) is 20.1. The maximum Gasteiger partial charge on any atom is 0.254 e. The van der Waals surface area contributed by atoms with Gasteiger partial charge < -0.3 is 19.9 Å². The maximum absolute atomic E-state index is 13.0. The molecule has 0 saturated carbocycles. The van der Waals surface area contributed by atoms with Crippen molar-refractivity contribution >= 4 is 28.8 Å². The van der Waals surface area contributed by atoms with Crippen molar-refractivity contribution in [1.82, 2.24) is 25.7 Å². The van der Waals surface area contributed by atoms with Gasteiger partial charge in [0.25, 0.3) is 5.91 Å². The summed E-state index contributed by atoms with van der Waals surface area (Å²) in [5.74, 6) is -0.808. The van der Waals surface area contributed by atoms with Crippen LogP contribution in [0.1, 0.15) is 68.7 Å². The Labute approximate surface area is 199 Å². The molecule has 10 heteroatoms. The van der Waals surface area contributed by atoms with Gasteiger partial charge in [-0.25, -0.2) is 10.5 Å². The van der Waals surface area contributed by atoms with Crippen LogP contribution in [0.3, 0.4) is 0 Å². The summed E-state index contributed by atoms with van der Waals surface area (Å²) in [5.41, 5.74) is 3.61. The first kappa shape index (κ1) is 25.6. The topological polar surface area (TPSA) is 137 Å². The lowest BCUT2D eigenvalue weighted by atomic mass is 9.95. The van der Waals surface area contributed by atoms with E-state index in [1.807, 2.05) is 20.8 Å². The molecule has 0 unspecified atom stereocenters. The van der Waals surface area contributed by atoms with Crippen LogP contribution in [0.15, 0.2) is 18.2 Å². The summed E-state index contributed by atoms with van der Waals surface area (Å²) in [6.07, 6.45) is 2.16. The summed E-state index contributed by atoms with van der Waals surface area (Å²) in [7, 11) is 0. The van der Waals surface area contributed by atoms with E-state index in [0.29, 0.717) is 49.6 Å². The van der Waals surface area contributed by atoms with E-state index in [9.17, 15) is 14.4 Å². The van der Waals surface area contributed by atoms with Crippen LogP contribution in [-0.2, 0) is 14.3 Å². The molecule has 1 fully saturated rings. The molecule has 10 nitrogen and oxygen atoms in total. The number of morpholine rings is 1. The quantitative estimate of drug-likeness (QED) is 0.309. The fraction of sp³-hybridized carbons (Fsp3) is 0.583. The Balaban J connectivity index is 1.79. The molecule has 1 saturated heterocycles. The molecule has 4 N–H and O–H groups in total. The third-order valence-electron chi connectivity index (χ3n) is 6.14. The number of ether oxygens (including phenoxy) is 1. The van der Waals surface area contributed by atoms with Crippen LogP contribution >= 0.6 is 0 Å². The van der Waals surface area contributed by atoms with Gasteiger partial charge in [-0.3, -0.25) is 19.6 Å². The molecule has 186 valence electrons. The van der Waals surface area contributed by atoms with Crippen molar-refractivity contribution in [3.05, 3.63) is 29.6 Å². The average Bonchev–Trinajstić information content (AvgIpc) is 3.27. The molecule has 2 heterocycles. The molecule has 3 amide bonds. The number of H-pyrrole nitrogens is 1. The van der Waals surface area contributed by atoms with Crippen LogP contribution in [-0.4, -0.2) is 64.1 Å². The second-order valence-electron chi connectivity index (χ2n) is 9.07. The molecule has 2 atom stereocenters. The first-order valence-corrected chi connectivity index (χ1v) is 11.9.